The molecule has 0 fully saturated rings. The van der Waals surface area contributed by atoms with Crippen LogP contribution in [0.5, 0.6) is 5.75 Å². The number of hydrogen-bond acceptors (Lipinski definition) is 3. The third-order valence-corrected chi connectivity index (χ3v) is 4.15. The van der Waals surface area contributed by atoms with E-state index in [1.807, 2.05) is 0 Å². The molecule has 1 N–H and O–H groups in total. The van der Waals surface area contributed by atoms with Crippen molar-refractivity contribution in [3.8, 4) is 16.9 Å². The predicted octanol–water partition coefficient (Wildman–Crippen LogP) is 5.84. The second-order valence-corrected chi connectivity index (χ2v) is 6.14. The first-order valence-corrected chi connectivity index (χ1v) is 8.36. The number of carbonyl (C=O) groups is 1. The molecule has 1 heterocycles. The maximum Gasteiger partial charge on any atom is 0.573 e. The topological polar surface area (TPSA) is 38.3 Å². The standard InChI is InChI=1S/C18H10F5NO2S/c19-14-7-12(10-2-1-3-13(6-10)26-18(21,22)23)8-15(20)16(14)24-17(25)11-4-5-27-9-11/h1-9H,(H,24,25). The lowest BCUT2D eigenvalue weighted by Gasteiger charge is -2.12. The van der Waals surface area contributed by atoms with Gasteiger partial charge in [0.15, 0.2) is 0 Å². The Balaban J connectivity index is 1.89. The van der Waals surface area contributed by atoms with Gasteiger partial charge in [0.05, 0.1) is 5.56 Å². The molecule has 0 bridgehead atoms. The van der Waals surface area contributed by atoms with Gasteiger partial charge in [-0.2, -0.15) is 11.3 Å². The van der Waals surface area contributed by atoms with Gasteiger partial charge in [-0.05, 0) is 46.8 Å². The Morgan fingerprint density at radius 2 is 1.70 bits per heavy atom. The van der Waals surface area contributed by atoms with Crippen molar-refractivity contribution in [1.82, 2.24) is 0 Å². The Bertz CT molecular complexity index is 947. The van der Waals surface area contributed by atoms with Crippen LogP contribution in [0.25, 0.3) is 11.1 Å². The first kappa shape index (κ1) is 18.8. The van der Waals surface area contributed by atoms with E-state index in [-0.39, 0.29) is 16.7 Å². The average molecular weight is 399 g/mol. The normalized spacial score (nSPS) is 11.3. The fourth-order valence-electron chi connectivity index (χ4n) is 2.31. The lowest BCUT2D eigenvalue weighted by molar-refractivity contribution is -0.274. The van der Waals surface area contributed by atoms with E-state index in [2.05, 4.69) is 10.1 Å². The second-order valence-electron chi connectivity index (χ2n) is 5.36. The van der Waals surface area contributed by atoms with Gasteiger partial charge in [-0.1, -0.05) is 12.1 Å². The first-order chi connectivity index (χ1) is 12.7. The van der Waals surface area contributed by atoms with Gasteiger partial charge in [-0.25, -0.2) is 8.78 Å². The van der Waals surface area contributed by atoms with Crippen molar-refractivity contribution in [1.29, 1.82) is 0 Å². The lowest BCUT2D eigenvalue weighted by Crippen LogP contribution is -2.17. The van der Waals surface area contributed by atoms with Crippen LogP contribution in [-0.2, 0) is 0 Å². The van der Waals surface area contributed by atoms with Gasteiger partial charge in [0.1, 0.15) is 23.1 Å². The molecule has 0 unspecified atom stereocenters. The minimum Gasteiger partial charge on any atom is -0.406 e. The summed E-state index contributed by atoms with van der Waals surface area (Å²) in [5.41, 5.74) is -0.283. The second kappa shape index (κ2) is 7.36. The molecule has 1 amide bonds. The lowest BCUT2D eigenvalue weighted by atomic mass is 10.0. The highest BCUT2D eigenvalue weighted by Crippen LogP contribution is 2.31. The van der Waals surface area contributed by atoms with Crippen molar-refractivity contribution in [3.63, 3.8) is 0 Å². The van der Waals surface area contributed by atoms with Crippen molar-refractivity contribution < 1.29 is 31.5 Å². The number of amides is 1. The summed E-state index contributed by atoms with van der Waals surface area (Å²) in [6.07, 6.45) is -4.88. The van der Waals surface area contributed by atoms with Gasteiger partial charge < -0.3 is 10.1 Å². The Hall–Kier alpha value is -2.94. The SMILES string of the molecule is O=C(Nc1c(F)cc(-c2cccc(OC(F)(F)F)c2)cc1F)c1ccsc1. The molecule has 27 heavy (non-hydrogen) atoms. The molecule has 0 atom stereocenters. The van der Waals surface area contributed by atoms with Crippen LogP contribution in [0.2, 0.25) is 0 Å². The van der Waals surface area contributed by atoms with Gasteiger partial charge >= 0.3 is 6.36 Å². The summed E-state index contributed by atoms with van der Waals surface area (Å²) in [7, 11) is 0. The van der Waals surface area contributed by atoms with Crippen LogP contribution >= 0.6 is 11.3 Å². The third kappa shape index (κ3) is 4.62. The number of carbonyl (C=O) groups excluding carboxylic acids is 1. The first-order valence-electron chi connectivity index (χ1n) is 7.42. The van der Waals surface area contributed by atoms with Gasteiger partial charge in [-0.3, -0.25) is 4.79 Å². The number of hydrogen-bond donors (Lipinski definition) is 1. The third-order valence-electron chi connectivity index (χ3n) is 3.46. The minimum atomic E-state index is -4.88. The molecule has 0 radical (unpaired) electrons. The summed E-state index contributed by atoms with van der Waals surface area (Å²) >= 11 is 1.25. The number of rotatable bonds is 4. The van der Waals surface area contributed by atoms with E-state index in [0.29, 0.717) is 0 Å². The molecule has 0 saturated heterocycles. The molecule has 0 spiro atoms. The molecule has 3 rings (SSSR count). The zero-order valence-corrected chi connectivity index (χ0v) is 14.1. The van der Waals surface area contributed by atoms with E-state index in [1.165, 1.54) is 34.9 Å². The Morgan fingerprint density at radius 1 is 1.00 bits per heavy atom. The van der Waals surface area contributed by atoms with E-state index >= 15 is 0 Å². The summed E-state index contributed by atoms with van der Waals surface area (Å²) < 4.78 is 69.4. The Labute approximate surface area is 154 Å². The van der Waals surface area contributed by atoms with Gasteiger partial charge in [0.2, 0.25) is 0 Å². The zero-order valence-electron chi connectivity index (χ0n) is 13.3. The molecule has 9 heteroatoms. The van der Waals surface area contributed by atoms with E-state index in [4.69, 9.17) is 0 Å². The summed E-state index contributed by atoms with van der Waals surface area (Å²) in [6, 6.07) is 8.04. The largest absolute Gasteiger partial charge is 0.573 e. The summed E-state index contributed by atoms with van der Waals surface area (Å²) in [5, 5.41) is 5.31. The molecule has 0 aliphatic carbocycles. The quantitative estimate of drug-likeness (QED) is 0.560. The number of halogens is 5. The van der Waals surface area contributed by atoms with E-state index in [0.717, 1.165) is 24.3 Å². The van der Waals surface area contributed by atoms with E-state index in [9.17, 15) is 26.7 Å². The highest BCUT2D eigenvalue weighted by Gasteiger charge is 2.31. The number of anilines is 1. The van der Waals surface area contributed by atoms with Crippen LogP contribution in [0.1, 0.15) is 10.4 Å². The molecule has 0 saturated carbocycles. The fraction of sp³-hybridized carbons (Fsp3) is 0.0556. The maximum absolute atomic E-state index is 14.3. The van der Waals surface area contributed by atoms with E-state index in [1.54, 1.807) is 5.38 Å². The van der Waals surface area contributed by atoms with Crippen molar-refractivity contribution in [2.75, 3.05) is 5.32 Å². The monoisotopic (exact) mass is 399 g/mol. The highest BCUT2D eigenvalue weighted by atomic mass is 32.1. The number of thiophene rings is 1. The van der Waals surface area contributed by atoms with Crippen molar-refractivity contribution in [3.05, 3.63) is 70.4 Å². The predicted molar refractivity (Wildman–Crippen MR) is 90.7 cm³/mol. The molecule has 140 valence electrons. The Kier molecular flexibility index (Phi) is 5.13. The molecular weight excluding hydrogens is 389 g/mol. The van der Waals surface area contributed by atoms with Gasteiger partial charge in [0.25, 0.3) is 5.91 Å². The van der Waals surface area contributed by atoms with Crippen LogP contribution in [0.15, 0.2) is 53.2 Å². The van der Waals surface area contributed by atoms with Crippen molar-refractivity contribution in [2.45, 2.75) is 6.36 Å². The van der Waals surface area contributed by atoms with Crippen LogP contribution in [0.3, 0.4) is 0 Å². The summed E-state index contributed by atoms with van der Waals surface area (Å²) in [6.45, 7) is 0. The molecular formula is C18H10F5NO2S. The Morgan fingerprint density at radius 3 is 2.30 bits per heavy atom. The molecule has 0 aliphatic rings. The summed E-state index contributed by atoms with van der Waals surface area (Å²) in [5.74, 6) is -3.32. The van der Waals surface area contributed by atoms with Gasteiger partial charge in [0, 0.05) is 5.38 Å². The van der Waals surface area contributed by atoms with Crippen LogP contribution in [0.4, 0.5) is 27.6 Å². The van der Waals surface area contributed by atoms with E-state index < -0.39 is 35.3 Å². The summed E-state index contributed by atoms with van der Waals surface area (Å²) in [4.78, 5) is 12.0. The minimum absolute atomic E-state index is 0.00819. The van der Waals surface area contributed by atoms with Crippen molar-refractivity contribution >= 4 is 22.9 Å². The molecule has 0 aliphatic heterocycles. The smallest absolute Gasteiger partial charge is 0.406 e. The molecule has 1 aromatic heterocycles. The number of alkyl halides is 3. The number of nitrogens with one attached hydrogen (secondary N) is 1. The van der Waals surface area contributed by atoms with Crippen molar-refractivity contribution in [2.24, 2.45) is 0 Å². The van der Waals surface area contributed by atoms with Crippen LogP contribution in [0, 0.1) is 11.6 Å². The van der Waals surface area contributed by atoms with Crippen LogP contribution < -0.4 is 10.1 Å². The number of ether oxygens (including phenoxy) is 1. The fourth-order valence-corrected chi connectivity index (χ4v) is 2.95. The van der Waals surface area contributed by atoms with Crippen LogP contribution in [-0.4, -0.2) is 12.3 Å². The molecule has 2 aromatic carbocycles. The maximum atomic E-state index is 14.3. The zero-order chi connectivity index (χ0) is 19.6. The average Bonchev–Trinajstić information content (AvgIpc) is 3.11. The molecule has 3 aromatic rings. The molecule has 3 nitrogen and oxygen atoms in total. The number of benzene rings is 2. The van der Waals surface area contributed by atoms with Gasteiger partial charge in [-0.15, -0.1) is 13.2 Å². The highest BCUT2D eigenvalue weighted by molar-refractivity contribution is 7.08.